The van der Waals surface area contributed by atoms with Gasteiger partial charge in [0.15, 0.2) is 0 Å². The van der Waals surface area contributed by atoms with Gasteiger partial charge in [0.05, 0.1) is 19.3 Å². The molecule has 0 atom stereocenters. The highest BCUT2D eigenvalue weighted by atomic mass is 16.5. The van der Waals surface area contributed by atoms with Crippen molar-refractivity contribution in [2.45, 2.75) is 58.0 Å². The molecule has 1 aliphatic carbocycles. The Morgan fingerprint density at radius 2 is 1.91 bits per heavy atom. The summed E-state index contributed by atoms with van der Waals surface area (Å²) in [4.78, 5) is 0. The quantitative estimate of drug-likeness (QED) is 0.802. The molecule has 0 radical (unpaired) electrons. The van der Waals surface area contributed by atoms with Crippen LogP contribution < -0.4 is 5.32 Å². The number of aliphatic hydroxyl groups is 1. The van der Waals surface area contributed by atoms with E-state index in [-0.39, 0.29) is 6.61 Å². The monoisotopic (exact) mass is 315 g/mol. The molecule has 0 amide bonds. The highest BCUT2D eigenvalue weighted by Crippen LogP contribution is 2.22. The molecule has 2 aromatic rings. The van der Waals surface area contributed by atoms with Gasteiger partial charge in [0, 0.05) is 5.69 Å². The van der Waals surface area contributed by atoms with Crippen LogP contribution in [0.2, 0.25) is 0 Å². The minimum atomic E-state index is -0.0615. The molecule has 4 nitrogen and oxygen atoms in total. The van der Waals surface area contributed by atoms with Crippen LogP contribution in [0.1, 0.15) is 49.2 Å². The molecule has 0 bridgehead atoms. The van der Waals surface area contributed by atoms with E-state index >= 15 is 0 Å². The van der Waals surface area contributed by atoms with Crippen LogP contribution >= 0.6 is 0 Å². The maximum atomic E-state index is 9.01. The van der Waals surface area contributed by atoms with Crippen molar-refractivity contribution in [3.8, 4) is 0 Å². The fourth-order valence-electron chi connectivity index (χ4n) is 3.01. The zero-order valence-corrected chi connectivity index (χ0v) is 13.5. The predicted octanol–water partition coefficient (Wildman–Crippen LogP) is 4.23. The van der Waals surface area contributed by atoms with Gasteiger partial charge < -0.3 is 19.6 Å². The van der Waals surface area contributed by atoms with E-state index < -0.39 is 0 Å². The molecule has 3 rings (SSSR count). The molecule has 124 valence electrons. The van der Waals surface area contributed by atoms with Gasteiger partial charge in [0.1, 0.15) is 18.1 Å². The Balaban J connectivity index is 1.50. The molecular weight excluding hydrogens is 290 g/mol. The van der Waals surface area contributed by atoms with Crippen LogP contribution in [0.15, 0.2) is 40.8 Å². The number of hydrogen-bond acceptors (Lipinski definition) is 4. The first-order valence-corrected chi connectivity index (χ1v) is 8.46. The first-order valence-electron chi connectivity index (χ1n) is 8.46. The van der Waals surface area contributed by atoms with Gasteiger partial charge >= 0.3 is 0 Å². The van der Waals surface area contributed by atoms with E-state index in [0.29, 0.717) is 25.0 Å². The normalized spacial score (nSPS) is 15.7. The number of benzene rings is 1. The molecule has 2 N–H and O–H groups in total. The lowest BCUT2D eigenvalue weighted by Gasteiger charge is -2.22. The summed E-state index contributed by atoms with van der Waals surface area (Å²) in [5.41, 5.74) is 2.24. The number of aliphatic hydroxyl groups excluding tert-OH is 1. The Morgan fingerprint density at radius 3 is 2.70 bits per heavy atom. The van der Waals surface area contributed by atoms with Crippen LogP contribution in [0.25, 0.3) is 0 Å². The minimum Gasteiger partial charge on any atom is -0.462 e. The maximum Gasteiger partial charge on any atom is 0.129 e. The molecule has 1 aromatic carbocycles. The van der Waals surface area contributed by atoms with Gasteiger partial charge in [-0.2, -0.15) is 0 Å². The van der Waals surface area contributed by atoms with Gasteiger partial charge in [-0.1, -0.05) is 31.4 Å². The van der Waals surface area contributed by atoms with Gasteiger partial charge in [-0.3, -0.25) is 0 Å². The van der Waals surface area contributed by atoms with Crippen molar-refractivity contribution < 1.29 is 14.3 Å². The Bertz CT molecular complexity index is 602. The topological polar surface area (TPSA) is 54.6 Å². The van der Waals surface area contributed by atoms with Crippen molar-refractivity contribution in [3.63, 3.8) is 0 Å². The Kier molecular flexibility index (Phi) is 5.72. The Labute approximate surface area is 137 Å². The second kappa shape index (κ2) is 8.18. The van der Waals surface area contributed by atoms with E-state index in [1.807, 2.05) is 18.2 Å². The third-order valence-electron chi connectivity index (χ3n) is 4.30. The molecule has 1 aliphatic rings. The first-order chi connectivity index (χ1) is 11.3. The highest BCUT2D eigenvalue weighted by Gasteiger charge is 2.13. The third kappa shape index (κ3) is 4.85. The first kappa shape index (κ1) is 16.1. The van der Waals surface area contributed by atoms with E-state index in [2.05, 4.69) is 17.4 Å². The number of furan rings is 1. The summed E-state index contributed by atoms with van der Waals surface area (Å²) in [6.07, 6.45) is 6.77. The van der Waals surface area contributed by atoms with Gasteiger partial charge in [0.25, 0.3) is 0 Å². The van der Waals surface area contributed by atoms with Crippen LogP contribution in [-0.4, -0.2) is 11.2 Å². The van der Waals surface area contributed by atoms with Crippen LogP contribution in [0.3, 0.4) is 0 Å². The second-order valence-corrected chi connectivity index (χ2v) is 6.15. The summed E-state index contributed by atoms with van der Waals surface area (Å²) in [6.45, 7) is 1.22. The second-order valence-electron chi connectivity index (χ2n) is 6.15. The zero-order chi connectivity index (χ0) is 15.9. The third-order valence-corrected chi connectivity index (χ3v) is 4.30. The molecule has 23 heavy (non-hydrogen) atoms. The lowest BCUT2D eigenvalue weighted by atomic mass is 9.98. The van der Waals surface area contributed by atoms with Gasteiger partial charge in [-0.05, 0) is 42.7 Å². The fourth-order valence-corrected chi connectivity index (χ4v) is 3.01. The van der Waals surface area contributed by atoms with Gasteiger partial charge in [-0.15, -0.1) is 0 Å². The number of hydrogen-bond donors (Lipinski definition) is 2. The van der Waals surface area contributed by atoms with E-state index in [1.54, 1.807) is 6.07 Å². The van der Waals surface area contributed by atoms with Crippen molar-refractivity contribution in [1.82, 2.24) is 0 Å². The zero-order valence-electron chi connectivity index (χ0n) is 13.5. The Morgan fingerprint density at radius 1 is 1.09 bits per heavy atom. The lowest BCUT2D eigenvalue weighted by molar-refractivity contribution is 0.0169. The summed E-state index contributed by atoms with van der Waals surface area (Å²) in [5.74, 6) is 1.41. The molecule has 0 spiro atoms. The summed E-state index contributed by atoms with van der Waals surface area (Å²) in [7, 11) is 0. The lowest BCUT2D eigenvalue weighted by Crippen LogP contribution is -2.16. The van der Waals surface area contributed by atoms with Crippen molar-refractivity contribution in [2.75, 3.05) is 5.32 Å². The van der Waals surface area contributed by atoms with Crippen molar-refractivity contribution in [1.29, 1.82) is 0 Å². The number of rotatable bonds is 7. The van der Waals surface area contributed by atoms with Crippen LogP contribution in [-0.2, 0) is 24.5 Å². The average Bonchev–Trinajstić information content (AvgIpc) is 3.08. The van der Waals surface area contributed by atoms with Crippen LogP contribution in [0.5, 0.6) is 0 Å². The molecule has 1 fully saturated rings. The van der Waals surface area contributed by atoms with Crippen molar-refractivity contribution >= 4 is 5.69 Å². The maximum absolute atomic E-state index is 9.01. The Hall–Kier alpha value is -1.78. The minimum absolute atomic E-state index is 0.0615. The average molecular weight is 315 g/mol. The number of nitrogens with one attached hydrogen (secondary N) is 1. The van der Waals surface area contributed by atoms with Crippen LogP contribution in [0, 0.1) is 0 Å². The summed E-state index contributed by atoms with van der Waals surface area (Å²) in [5, 5.41) is 12.4. The SMILES string of the molecule is OCc1ccc(CNc2cccc(COC3CCCCC3)c2)o1. The van der Waals surface area contributed by atoms with Crippen LogP contribution in [0.4, 0.5) is 5.69 Å². The molecule has 1 aromatic heterocycles. The van der Waals surface area contributed by atoms with Gasteiger partial charge in [0.2, 0.25) is 0 Å². The summed E-state index contributed by atoms with van der Waals surface area (Å²) in [6, 6.07) is 12.0. The van der Waals surface area contributed by atoms with Gasteiger partial charge in [-0.25, -0.2) is 0 Å². The highest BCUT2D eigenvalue weighted by molar-refractivity contribution is 5.45. The molecular formula is C19H25NO3. The largest absolute Gasteiger partial charge is 0.462 e. The molecule has 0 saturated heterocycles. The fraction of sp³-hybridized carbons (Fsp3) is 0.474. The molecule has 1 saturated carbocycles. The summed E-state index contributed by atoms with van der Waals surface area (Å²) < 4.78 is 11.5. The standard InChI is InChI=1S/C19H25NO3/c21-13-19-10-9-18(23-19)12-20-16-6-4-5-15(11-16)14-22-17-7-2-1-3-8-17/h4-6,9-11,17,20-21H,1-3,7-8,12-14H2. The molecule has 0 aliphatic heterocycles. The van der Waals surface area contributed by atoms with E-state index in [4.69, 9.17) is 14.3 Å². The number of ether oxygens (including phenoxy) is 1. The molecule has 0 unspecified atom stereocenters. The van der Waals surface area contributed by atoms with Crippen molar-refractivity contribution in [3.05, 3.63) is 53.5 Å². The van der Waals surface area contributed by atoms with E-state index in [9.17, 15) is 0 Å². The molecule has 1 heterocycles. The van der Waals surface area contributed by atoms with E-state index in [0.717, 1.165) is 11.4 Å². The smallest absolute Gasteiger partial charge is 0.129 e. The molecule has 4 heteroatoms. The predicted molar refractivity (Wildman–Crippen MR) is 90.1 cm³/mol. The number of anilines is 1. The van der Waals surface area contributed by atoms with E-state index in [1.165, 1.54) is 37.7 Å². The summed E-state index contributed by atoms with van der Waals surface area (Å²) >= 11 is 0. The van der Waals surface area contributed by atoms with Crippen molar-refractivity contribution in [2.24, 2.45) is 0 Å².